The van der Waals surface area contributed by atoms with Crippen LogP contribution in [0.5, 0.6) is 11.5 Å². The summed E-state index contributed by atoms with van der Waals surface area (Å²) in [6.45, 7) is 0. The van der Waals surface area contributed by atoms with Crippen LogP contribution < -0.4 is 14.8 Å². The molecule has 0 radical (unpaired) electrons. The number of nitrogens with one attached hydrogen (secondary N) is 1. The van der Waals surface area contributed by atoms with Crippen LogP contribution in [0.1, 0.15) is 0 Å². The number of ether oxygens (including phenoxy) is 2. The molecule has 0 spiro atoms. The molecule has 0 fully saturated rings. The van der Waals surface area contributed by atoms with Gasteiger partial charge in [-0.3, -0.25) is 14.9 Å². The lowest BCUT2D eigenvalue weighted by Gasteiger charge is -2.09. The Hall–Kier alpha value is -4.19. The van der Waals surface area contributed by atoms with Crippen LogP contribution in [-0.2, 0) is 4.79 Å². The lowest BCUT2D eigenvalue weighted by atomic mass is 10.2. The number of amides is 1. The first-order valence-electron chi connectivity index (χ1n) is 9.60. The highest BCUT2D eigenvalue weighted by Crippen LogP contribution is 2.31. The van der Waals surface area contributed by atoms with E-state index < -0.39 is 4.92 Å². The zero-order valence-corrected chi connectivity index (χ0v) is 18.4. The zero-order valence-electron chi connectivity index (χ0n) is 17.6. The van der Waals surface area contributed by atoms with E-state index in [-0.39, 0.29) is 17.3 Å². The molecular formula is C21H18N6O5S. The molecule has 0 unspecified atom stereocenters. The number of carbonyl (C=O) groups excluding carboxylic acids is 1. The molecule has 2 heterocycles. The zero-order chi connectivity index (χ0) is 23.4. The normalized spacial score (nSPS) is 10.7. The van der Waals surface area contributed by atoms with Gasteiger partial charge in [0, 0.05) is 23.4 Å². The summed E-state index contributed by atoms with van der Waals surface area (Å²) < 4.78 is 12.2. The maximum Gasteiger partial charge on any atom is 0.271 e. The van der Waals surface area contributed by atoms with Gasteiger partial charge in [0.2, 0.25) is 5.91 Å². The number of non-ortho nitro benzene ring substituents is 1. The number of thioether (sulfide) groups is 1. The second-order valence-electron chi connectivity index (χ2n) is 6.68. The average Bonchev–Trinajstić information content (AvgIpc) is 3.25. The summed E-state index contributed by atoms with van der Waals surface area (Å²) in [5, 5.41) is 27.0. The summed E-state index contributed by atoms with van der Waals surface area (Å²) in [6.07, 6.45) is 0. The second kappa shape index (κ2) is 9.53. The first-order chi connectivity index (χ1) is 16.0. The van der Waals surface area contributed by atoms with E-state index in [1.165, 1.54) is 30.0 Å². The van der Waals surface area contributed by atoms with E-state index in [0.29, 0.717) is 33.7 Å². The van der Waals surface area contributed by atoms with E-state index in [4.69, 9.17) is 9.47 Å². The fourth-order valence-corrected chi connectivity index (χ4v) is 3.69. The molecule has 0 aliphatic heterocycles. The molecule has 0 atom stereocenters. The Kier molecular flexibility index (Phi) is 6.36. The number of anilines is 1. The smallest absolute Gasteiger partial charge is 0.271 e. The predicted octanol–water partition coefficient (Wildman–Crippen LogP) is 3.45. The van der Waals surface area contributed by atoms with E-state index in [1.807, 2.05) is 6.07 Å². The minimum atomic E-state index is -0.515. The van der Waals surface area contributed by atoms with Crippen LogP contribution in [0, 0.1) is 10.1 Å². The van der Waals surface area contributed by atoms with Crippen molar-refractivity contribution in [3.8, 4) is 22.9 Å². The van der Waals surface area contributed by atoms with Gasteiger partial charge in [-0.05, 0) is 36.4 Å². The molecule has 1 N–H and O–H groups in total. The van der Waals surface area contributed by atoms with E-state index in [2.05, 4.69) is 20.6 Å². The van der Waals surface area contributed by atoms with Crippen molar-refractivity contribution in [3.63, 3.8) is 0 Å². The number of hydrogen-bond donors (Lipinski definition) is 1. The lowest BCUT2D eigenvalue weighted by Crippen LogP contribution is -2.14. The second-order valence-corrected chi connectivity index (χ2v) is 7.67. The Labute approximate surface area is 191 Å². The van der Waals surface area contributed by atoms with Gasteiger partial charge in [0.15, 0.2) is 23.0 Å². The van der Waals surface area contributed by atoms with Crippen molar-refractivity contribution in [2.75, 3.05) is 25.3 Å². The van der Waals surface area contributed by atoms with Crippen LogP contribution in [0.4, 0.5) is 11.4 Å². The Bertz CT molecular complexity index is 1340. The van der Waals surface area contributed by atoms with Crippen molar-refractivity contribution in [1.82, 2.24) is 19.8 Å². The molecule has 0 aliphatic rings. The third kappa shape index (κ3) is 4.85. The van der Waals surface area contributed by atoms with E-state index in [0.717, 1.165) is 5.56 Å². The summed E-state index contributed by atoms with van der Waals surface area (Å²) in [5.41, 5.74) is 1.54. The molecule has 11 nitrogen and oxygen atoms in total. The monoisotopic (exact) mass is 466 g/mol. The number of aromatic nitrogens is 4. The van der Waals surface area contributed by atoms with E-state index in [1.54, 1.807) is 49.1 Å². The number of methoxy groups -OCH3 is 2. The first-order valence-corrected chi connectivity index (χ1v) is 10.6. The first kappa shape index (κ1) is 22.0. The minimum Gasteiger partial charge on any atom is -0.493 e. The molecular weight excluding hydrogens is 448 g/mol. The van der Waals surface area contributed by atoms with Crippen LogP contribution in [-0.4, -0.2) is 50.6 Å². The van der Waals surface area contributed by atoms with E-state index >= 15 is 0 Å². The molecule has 0 saturated carbocycles. The standard InChI is InChI=1S/C21H18N6O5S/c1-31-16-7-6-13(10-17(16)32-2)21-24-23-18-8-9-20(25-26(18)21)33-12-19(28)22-14-4-3-5-15(11-14)27(29)30/h3-11H,12H2,1-2H3,(H,22,28). The molecule has 168 valence electrons. The Morgan fingerprint density at radius 2 is 1.91 bits per heavy atom. The van der Waals surface area contributed by atoms with Crippen molar-refractivity contribution in [3.05, 3.63) is 64.7 Å². The van der Waals surface area contributed by atoms with Crippen molar-refractivity contribution in [2.45, 2.75) is 5.03 Å². The highest BCUT2D eigenvalue weighted by molar-refractivity contribution is 7.99. The van der Waals surface area contributed by atoms with Gasteiger partial charge in [0.25, 0.3) is 5.69 Å². The third-order valence-corrected chi connectivity index (χ3v) is 5.49. The number of benzene rings is 2. The third-order valence-electron chi connectivity index (χ3n) is 4.57. The number of nitro benzene ring substituents is 1. The van der Waals surface area contributed by atoms with Gasteiger partial charge >= 0.3 is 0 Å². The number of nitro groups is 1. The lowest BCUT2D eigenvalue weighted by molar-refractivity contribution is -0.384. The summed E-state index contributed by atoms with van der Waals surface area (Å²) in [7, 11) is 3.11. The highest BCUT2D eigenvalue weighted by Gasteiger charge is 2.14. The maximum atomic E-state index is 12.3. The number of fused-ring (bicyclic) bond motifs is 1. The number of nitrogens with zero attached hydrogens (tertiary/aromatic N) is 5. The molecule has 0 aliphatic carbocycles. The van der Waals surface area contributed by atoms with Gasteiger partial charge in [-0.2, -0.15) is 9.61 Å². The fraction of sp³-hybridized carbons (Fsp3) is 0.143. The number of carbonyl (C=O) groups is 1. The summed E-state index contributed by atoms with van der Waals surface area (Å²) in [4.78, 5) is 22.7. The topological polar surface area (TPSA) is 134 Å². The Morgan fingerprint density at radius 1 is 1.09 bits per heavy atom. The molecule has 1 amide bonds. The number of rotatable bonds is 8. The van der Waals surface area contributed by atoms with Crippen LogP contribution in [0.3, 0.4) is 0 Å². The summed E-state index contributed by atoms with van der Waals surface area (Å²) in [6, 6.07) is 14.6. The van der Waals surface area contributed by atoms with Gasteiger partial charge in [0.1, 0.15) is 5.03 Å². The number of hydrogen-bond acceptors (Lipinski definition) is 9. The fourth-order valence-electron chi connectivity index (χ4n) is 3.04. The molecule has 4 aromatic rings. The van der Waals surface area contributed by atoms with Gasteiger partial charge in [-0.25, -0.2) is 0 Å². The summed E-state index contributed by atoms with van der Waals surface area (Å²) >= 11 is 1.22. The summed E-state index contributed by atoms with van der Waals surface area (Å²) in [5.74, 6) is 1.40. The highest BCUT2D eigenvalue weighted by atomic mass is 32.2. The maximum absolute atomic E-state index is 12.3. The van der Waals surface area contributed by atoms with Gasteiger partial charge in [-0.1, -0.05) is 17.8 Å². The SMILES string of the molecule is COc1ccc(-c2nnc3ccc(SCC(=O)Nc4cccc([N+](=O)[O-])c4)nn23)cc1OC. The largest absolute Gasteiger partial charge is 0.493 e. The molecule has 12 heteroatoms. The molecule has 2 aromatic carbocycles. The van der Waals surface area contributed by atoms with Gasteiger partial charge in [0.05, 0.1) is 24.9 Å². The molecule has 33 heavy (non-hydrogen) atoms. The Balaban J connectivity index is 1.50. The van der Waals surface area contributed by atoms with Gasteiger partial charge < -0.3 is 14.8 Å². The van der Waals surface area contributed by atoms with Crippen LogP contribution in [0.2, 0.25) is 0 Å². The van der Waals surface area contributed by atoms with Crippen molar-refractivity contribution in [2.24, 2.45) is 0 Å². The van der Waals surface area contributed by atoms with Crippen molar-refractivity contribution < 1.29 is 19.2 Å². The van der Waals surface area contributed by atoms with Gasteiger partial charge in [-0.15, -0.1) is 10.2 Å². The average molecular weight is 466 g/mol. The van der Waals surface area contributed by atoms with E-state index in [9.17, 15) is 14.9 Å². The molecule has 0 saturated heterocycles. The quantitative estimate of drug-likeness (QED) is 0.235. The van der Waals surface area contributed by atoms with Crippen LogP contribution in [0.25, 0.3) is 17.0 Å². The predicted molar refractivity (Wildman–Crippen MR) is 122 cm³/mol. The molecule has 4 rings (SSSR count). The minimum absolute atomic E-state index is 0.0645. The molecule has 0 bridgehead atoms. The van der Waals surface area contributed by atoms with Crippen molar-refractivity contribution in [1.29, 1.82) is 0 Å². The Morgan fingerprint density at radius 3 is 2.67 bits per heavy atom. The van der Waals surface area contributed by atoms with Crippen LogP contribution >= 0.6 is 11.8 Å². The van der Waals surface area contributed by atoms with Crippen molar-refractivity contribution >= 4 is 34.7 Å². The van der Waals surface area contributed by atoms with Crippen LogP contribution in [0.15, 0.2) is 59.6 Å². The molecule has 2 aromatic heterocycles.